The van der Waals surface area contributed by atoms with Gasteiger partial charge in [-0.1, -0.05) is 23.7 Å². The summed E-state index contributed by atoms with van der Waals surface area (Å²) in [4.78, 5) is 12.3. The third kappa shape index (κ3) is 4.58. The number of amides is 1. The van der Waals surface area contributed by atoms with Gasteiger partial charge in [-0.25, -0.2) is 0 Å². The number of anilines is 1. The van der Waals surface area contributed by atoms with Crippen molar-refractivity contribution in [3.8, 4) is 5.75 Å². The standard InChI is InChI=1S/C18H14ClF2N3O2/c19-15-10-14(6-7-16(15)26-18(20)21)23-17(25)13-4-2-12(3-5-13)11-24-9-1-8-22-24/h1-10,18H,11H2,(H,23,25). The fraction of sp³-hybridized carbons (Fsp3) is 0.111. The largest absolute Gasteiger partial charge is 0.433 e. The molecule has 0 unspecified atom stereocenters. The minimum atomic E-state index is -2.96. The van der Waals surface area contributed by atoms with Crippen molar-refractivity contribution in [3.05, 3.63) is 77.1 Å². The van der Waals surface area contributed by atoms with Crippen molar-refractivity contribution in [2.45, 2.75) is 13.2 Å². The van der Waals surface area contributed by atoms with E-state index in [1.54, 1.807) is 23.0 Å². The summed E-state index contributed by atoms with van der Waals surface area (Å²) in [7, 11) is 0. The van der Waals surface area contributed by atoms with Crippen molar-refractivity contribution in [1.82, 2.24) is 9.78 Å². The van der Waals surface area contributed by atoms with Crippen molar-refractivity contribution in [2.24, 2.45) is 0 Å². The van der Waals surface area contributed by atoms with Gasteiger partial charge in [0.25, 0.3) is 5.91 Å². The predicted molar refractivity (Wildman–Crippen MR) is 93.8 cm³/mol. The van der Waals surface area contributed by atoms with Crippen molar-refractivity contribution >= 4 is 23.2 Å². The van der Waals surface area contributed by atoms with E-state index >= 15 is 0 Å². The van der Waals surface area contributed by atoms with E-state index in [9.17, 15) is 13.6 Å². The Hall–Kier alpha value is -2.93. The Kier molecular flexibility index (Phi) is 5.48. The highest BCUT2D eigenvalue weighted by Gasteiger charge is 2.11. The molecule has 1 aromatic heterocycles. The Bertz CT molecular complexity index is 884. The summed E-state index contributed by atoms with van der Waals surface area (Å²) >= 11 is 5.87. The van der Waals surface area contributed by atoms with Gasteiger partial charge in [0.2, 0.25) is 0 Å². The topological polar surface area (TPSA) is 56.1 Å². The molecule has 2 aromatic carbocycles. The summed E-state index contributed by atoms with van der Waals surface area (Å²) in [5.74, 6) is -0.489. The van der Waals surface area contributed by atoms with Crippen LogP contribution in [0.2, 0.25) is 5.02 Å². The molecule has 3 aromatic rings. The number of benzene rings is 2. The van der Waals surface area contributed by atoms with Crippen LogP contribution in [0.15, 0.2) is 60.9 Å². The number of hydrogen-bond donors (Lipinski definition) is 1. The van der Waals surface area contributed by atoms with Crippen LogP contribution in [0.5, 0.6) is 5.75 Å². The van der Waals surface area contributed by atoms with Crippen LogP contribution in [0.3, 0.4) is 0 Å². The zero-order chi connectivity index (χ0) is 18.5. The molecule has 0 saturated heterocycles. The van der Waals surface area contributed by atoms with Gasteiger partial charge < -0.3 is 10.1 Å². The van der Waals surface area contributed by atoms with Gasteiger partial charge in [-0.15, -0.1) is 0 Å². The SMILES string of the molecule is O=C(Nc1ccc(OC(F)F)c(Cl)c1)c1ccc(Cn2cccn2)cc1. The molecule has 0 atom stereocenters. The number of rotatable bonds is 6. The molecule has 5 nitrogen and oxygen atoms in total. The van der Waals surface area contributed by atoms with Gasteiger partial charge in [0.15, 0.2) is 0 Å². The molecule has 1 amide bonds. The number of carbonyl (C=O) groups excluding carboxylic acids is 1. The Balaban J connectivity index is 1.65. The Labute approximate surface area is 153 Å². The van der Waals surface area contributed by atoms with E-state index < -0.39 is 6.61 Å². The number of aromatic nitrogens is 2. The van der Waals surface area contributed by atoms with Crippen molar-refractivity contribution in [3.63, 3.8) is 0 Å². The van der Waals surface area contributed by atoms with Gasteiger partial charge >= 0.3 is 6.61 Å². The van der Waals surface area contributed by atoms with E-state index in [1.165, 1.54) is 18.2 Å². The van der Waals surface area contributed by atoms with Crippen molar-refractivity contribution in [2.75, 3.05) is 5.32 Å². The number of ether oxygens (including phenoxy) is 1. The minimum absolute atomic E-state index is 0.0160. The van der Waals surface area contributed by atoms with Crippen LogP contribution in [0.4, 0.5) is 14.5 Å². The van der Waals surface area contributed by atoms with E-state index in [0.29, 0.717) is 17.8 Å². The Morgan fingerprint density at radius 1 is 1.23 bits per heavy atom. The van der Waals surface area contributed by atoms with Gasteiger partial charge in [0.05, 0.1) is 11.6 Å². The van der Waals surface area contributed by atoms with E-state index in [4.69, 9.17) is 11.6 Å². The molecule has 0 fully saturated rings. The second kappa shape index (κ2) is 7.97. The third-order valence-corrected chi connectivity index (χ3v) is 3.82. The highest BCUT2D eigenvalue weighted by atomic mass is 35.5. The maximum absolute atomic E-state index is 12.3. The fourth-order valence-corrected chi connectivity index (χ4v) is 2.54. The maximum atomic E-state index is 12.3. The molecule has 0 saturated carbocycles. The number of halogens is 3. The van der Waals surface area contributed by atoms with Gasteiger partial charge in [-0.3, -0.25) is 9.48 Å². The van der Waals surface area contributed by atoms with Crippen LogP contribution in [-0.4, -0.2) is 22.3 Å². The molecule has 3 rings (SSSR count). The van der Waals surface area contributed by atoms with Crippen LogP contribution >= 0.6 is 11.6 Å². The Morgan fingerprint density at radius 2 is 2.00 bits per heavy atom. The second-order valence-electron chi connectivity index (χ2n) is 5.38. The highest BCUT2D eigenvalue weighted by molar-refractivity contribution is 6.32. The third-order valence-electron chi connectivity index (χ3n) is 3.53. The highest BCUT2D eigenvalue weighted by Crippen LogP contribution is 2.29. The molecule has 0 radical (unpaired) electrons. The first-order valence-electron chi connectivity index (χ1n) is 7.63. The molecular formula is C18H14ClF2N3O2. The van der Waals surface area contributed by atoms with Crippen molar-refractivity contribution in [1.29, 1.82) is 0 Å². The lowest BCUT2D eigenvalue weighted by atomic mass is 10.1. The summed E-state index contributed by atoms with van der Waals surface area (Å²) in [5, 5.41) is 6.77. The molecule has 0 aliphatic carbocycles. The number of hydrogen-bond acceptors (Lipinski definition) is 3. The first kappa shape index (κ1) is 17.9. The number of alkyl halides is 2. The van der Waals surface area contributed by atoms with E-state index in [2.05, 4.69) is 15.2 Å². The lowest BCUT2D eigenvalue weighted by molar-refractivity contribution is -0.0497. The fourth-order valence-electron chi connectivity index (χ4n) is 2.32. The second-order valence-corrected chi connectivity index (χ2v) is 5.79. The molecule has 26 heavy (non-hydrogen) atoms. The molecule has 1 N–H and O–H groups in total. The lowest BCUT2D eigenvalue weighted by Crippen LogP contribution is -2.12. The normalized spacial score (nSPS) is 10.8. The van der Waals surface area contributed by atoms with E-state index in [1.807, 2.05) is 24.4 Å². The first-order valence-corrected chi connectivity index (χ1v) is 8.01. The summed E-state index contributed by atoms with van der Waals surface area (Å²) in [6.07, 6.45) is 3.55. The van der Waals surface area contributed by atoms with Crippen LogP contribution in [0, 0.1) is 0 Å². The molecule has 8 heteroatoms. The predicted octanol–water partition coefficient (Wildman–Crippen LogP) is 4.44. The quantitative estimate of drug-likeness (QED) is 0.691. The Morgan fingerprint density at radius 3 is 2.62 bits per heavy atom. The van der Waals surface area contributed by atoms with Gasteiger partial charge in [0, 0.05) is 23.6 Å². The monoisotopic (exact) mass is 377 g/mol. The smallest absolute Gasteiger partial charge is 0.387 e. The zero-order valence-electron chi connectivity index (χ0n) is 13.4. The summed E-state index contributed by atoms with van der Waals surface area (Å²) in [6, 6.07) is 13.0. The molecule has 134 valence electrons. The average Bonchev–Trinajstić information content (AvgIpc) is 3.10. The van der Waals surface area contributed by atoms with Gasteiger partial charge in [-0.05, 0) is 42.0 Å². The summed E-state index contributed by atoms with van der Waals surface area (Å²) < 4.78 is 30.5. The number of nitrogens with one attached hydrogen (secondary N) is 1. The average molecular weight is 378 g/mol. The molecule has 1 heterocycles. The molecule has 0 bridgehead atoms. The summed E-state index contributed by atoms with van der Waals surface area (Å²) in [6.45, 7) is -2.36. The number of carbonyl (C=O) groups is 1. The van der Waals surface area contributed by atoms with E-state index in [-0.39, 0.29) is 16.7 Å². The number of nitrogens with zero attached hydrogens (tertiary/aromatic N) is 2. The summed E-state index contributed by atoms with van der Waals surface area (Å²) in [5.41, 5.74) is 1.84. The lowest BCUT2D eigenvalue weighted by Gasteiger charge is -2.10. The van der Waals surface area contributed by atoms with Crippen LogP contribution < -0.4 is 10.1 Å². The zero-order valence-corrected chi connectivity index (χ0v) is 14.2. The van der Waals surface area contributed by atoms with Crippen LogP contribution in [0.1, 0.15) is 15.9 Å². The van der Waals surface area contributed by atoms with Gasteiger partial charge in [0.1, 0.15) is 5.75 Å². The van der Waals surface area contributed by atoms with E-state index in [0.717, 1.165) is 5.56 Å². The first-order chi connectivity index (χ1) is 12.5. The van der Waals surface area contributed by atoms with Crippen LogP contribution in [-0.2, 0) is 6.54 Å². The van der Waals surface area contributed by atoms with Crippen LogP contribution in [0.25, 0.3) is 0 Å². The molecular weight excluding hydrogens is 364 g/mol. The molecule has 0 aliphatic rings. The van der Waals surface area contributed by atoms with Crippen molar-refractivity contribution < 1.29 is 18.3 Å². The minimum Gasteiger partial charge on any atom is -0.433 e. The van der Waals surface area contributed by atoms with Gasteiger partial charge in [-0.2, -0.15) is 13.9 Å². The molecule has 0 spiro atoms. The molecule has 0 aliphatic heterocycles. The maximum Gasteiger partial charge on any atom is 0.387 e.